The van der Waals surface area contributed by atoms with Gasteiger partial charge in [-0.3, -0.25) is 19.2 Å². The number of allylic oxidation sites excluding steroid dienone is 1. The van der Waals surface area contributed by atoms with E-state index >= 15 is 0 Å². The molecule has 0 unspecified atom stereocenters. The summed E-state index contributed by atoms with van der Waals surface area (Å²) in [5.41, 5.74) is -5.66. The second kappa shape index (κ2) is 11.9. The highest BCUT2D eigenvalue weighted by Crippen LogP contribution is 2.79. The van der Waals surface area contributed by atoms with E-state index in [2.05, 4.69) is 0 Å². The highest BCUT2D eigenvalue weighted by molar-refractivity contribution is 6.02. The first-order valence-electron chi connectivity index (χ1n) is 18.0. The zero-order valence-corrected chi connectivity index (χ0v) is 30.0. The van der Waals surface area contributed by atoms with E-state index in [1.807, 2.05) is 77.1 Å². The number of carboxylic acids is 1. The van der Waals surface area contributed by atoms with Crippen LogP contribution in [0.2, 0.25) is 0 Å². The van der Waals surface area contributed by atoms with Gasteiger partial charge < -0.3 is 25.5 Å². The van der Waals surface area contributed by atoms with Crippen molar-refractivity contribution in [2.24, 2.45) is 51.2 Å². The molecule has 270 valence electrons. The molecule has 0 heterocycles. The number of carboxylic acid groups (broad SMARTS) is 1. The molecule has 9 heteroatoms. The Balaban J connectivity index is 1.58. The number of Topliss-reactive ketones (excluding diaryl/α,β-unsaturated/α-hetero) is 3. The summed E-state index contributed by atoms with van der Waals surface area (Å²) in [5.74, 6) is -5.67. The zero-order chi connectivity index (χ0) is 36.8. The maximum absolute atomic E-state index is 14.9. The Labute approximate surface area is 294 Å². The van der Waals surface area contributed by atoms with Gasteiger partial charge in [-0.2, -0.15) is 0 Å². The summed E-state index contributed by atoms with van der Waals surface area (Å²) in [4.78, 5) is 53.0. The predicted octanol–water partition coefficient (Wildman–Crippen LogP) is 4.71. The number of aliphatic hydroxyl groups excluding tert-OH is 2. The Bertz CT molecular complexity index is 1710. The van der Waals surface area contributed by atoms with Crippen molar-refractivity contribution in [3.8, 4) is 0 Å². The maximum atomic E-state index is 14.9. The van der Waals surface area contributed by atoms with Crippen molar-refractivity contribution < 1.29 is 44.7 Å². The summed E-state index contributed by atoms with van der Waals surface area (Å²) in [6.07, 6.45) is 6.40. The number of hydrogen-bond donors (Lipinski definition) is 5. The number of ketones is 3. The van der Waals surface area contributed by atoms with Crippen LogP contribution < -0.4 is 0 Å². The maximum Gasteiger partial charge on any atom is 0.313 e. The molecule has 0 aliphatic heterocycles. The molecule has 5 aliphatic rings. The van der Waals surface area contributed by atoms with Gasteiger partial charge in [0.25, 0.3) is 0 Å². The average Bonchev–Trinajstić information content (AvgIpc) is 3.25. The van der Waals surface area contributed by atoms with E-state index in [9.17, 15) is 44.7 Å². The van der Waals surface area contributed by atoms with Crippen molar-refractivity contribution in [3.05, 3.63) is 65.3 Å². The number of aliphatic hydroxyl groups is 4. The molecule has 0 bridgehead atoms. The fraction of sp³-hybridized carbons (Fsp3) is 0.610. The van der Waals surface area contributed by atoms with Crippen LogP contribution in [0.1, 0.15) is 85.6 Å². The van der Waals surface area contributed by atoms with Gasteiger partial charge in [-0.15, -0.1) is 0 Å². The fourth-order valence-electron chi connectivity index (χ4n) is 12.0. The summed E-state index contributed by atoms with van der Waals surface area (Å²) >= 11 is 0. The minimum atomic E-state index is -1.79. The predicted molar refractivity (Wildman–Crippen MR) is 186 cm³/mol. The van der Waals surface area contributed by atoms with Crippen molar-refractivity contribution in [3.63, 3.8) is 0 Å². The summed E-state index contributed by atoms with van der Waals surface area (Å²) in [6, 6.07) is 9.66. The molecule has 1 aromatic rings. The van der Waals surface area contributed by atoms with Crippen LogP contribution in [0.3, 0.4) is 0 Å². The molecular formula is C41H52O9. The van der Waals surface area contributed by atoms with E-state index in [0.717, 1.165) is 5.56 Å². The molecule has 1 aromatic carbocycles. The van der Waals surface area contributed by atoms with E-state index in [1.165, 1.54) is 6.92 Å². The lowest BCUT2D eigenvalue weighted by atomic mass is 9.35. The molecule has 0 spiro atoms. The summed E-state index contributed by atoms with van der Waals surface area (Å²) in [7, 11) is 0. The van der Waals surface area contributed by atoms with E-state index < -0.39 is 80.3 Å². The molecule has 9 nitrogen and oxygen atoms in total. The summed E-state index contributed by atoms with van der Waals surface area (Å²) in [6.45, 7) is 10.5. The van der Waals surface area contributed by atoms with Crippen LogP contribution in [-0.2, 0) is 19.2 Å². The fourth-order valence-corrected chi connectivity index (χ4v) is 12.0. The molecule has 50 heavy (non-hydrogen) atoms. The minimum absolute atomic E-state index is 0.00382. The van der Waals surface area contributed by atoms with Gasteiger partial charge in [-0.1, -0.05) is 83.2 Å². The van der Waals surface area contributed by atoms with E-state index in [-0.39, 0.29) is 50.3 Å². The Morgan fingerprint density at radius 3 is 2.30 bits per heavy atom. The monoisotopic (exact) mass is 688 g/mol. The molecular weight excluding hydrogens is 636 g/mol. The van der Waals surface area contributed by atoms with Crippen molar-refractivity contribution in [1.29, 1.82) is 0 Å². The van der Waals surface area contributed by atoms with Crippen LogP contribution in [0.4, 0.5) is 0 Å². The van der Waals surface area contributed by atoms with Crippen LogP contribution in [-0.4, -0.2) is 72.8 Å². The average molecular weight is 689 g/mol. The lowest BCUT2D eigenvalue weighted by Crippen LogP contribution is -2.70. The third-order valence-corrected chi connectivity index (χ3v) is 14.2. The Morgan fingerprint density at radius 2 is 1.68 bits per heavy atom. The molecule has 11 atom stereocenters. The minimum Gasteiger partial charge on any atom is -0.481 e. The number of aliphatic carboxylic acids is 1. The number of fused-ring (bicyclic) bond motifs is 2. The van der Waals surface area contributed by atoms with Crippen LogP contribution in [0.5, 0.6) is 0 Å². The topological polar surface area (TPSA) is 169 Å². The van der Waals surface area contributed by atoms with E-state index in [0.29, 0.717) is 17.6 Å². The third-order valence-electron chi connectivity index (χ3n) is 14.2. The number of hydrogen-bond acceptors (Lipinski definition) is 8. The number of carbonyl (C=O) groups excluding carboxylic acids is 3. The zero-order valence-electron chi connectivity index (χ0n) is 30.0. The molecule has 0 saturated heterocycles. The van der Waals surface area contributed by atoms with Gasteiger partial charge in [-0.25, -0.2) is 0 Å². The standard InChI is InChI=1S/C41H52O9/c1-23(20-28(43)32(46)24(2)35(47)48)27-21-39(49)16-17-40(50)26(13-12-25-10-8-7-9-11-25)33-36(3,4)30(45)14-15-37(33,5)31-29(44)22-38(27,6)41(39,18-19-42)34(31)40/h7-13,16-17,23-24,26-28,33,42-43,49-50H,14-15,18-22H2,1-6H3,(H,47,48)/t23-,24-,26+,27+,28+,33+,37-,38-,39-,40+,41+/m1/s1. The van der Waals surface area contributed by atoms with Crippen molar-refractivity contribution in [1.82, 2.24) is 0 Å². The van der Waals surface area contributed by atoms with Gasteiger partial charge in [0.1, 0.15) is 23.4 Å². The van der Waals surface area contributed by atoms with Gasteiger partial charge in [0.15, 0.2) is 11.6 Å². The van der Waals surface area contributed by atoms with E-state index in [4.69, 9.17) is 0 Å². The van der Waals surface area contributed by atoms with Gasteiger partial charge in [0, 0.05) is 47.2 Å². The molecule has 6 rings (SSSR count). The SMILES string of the molecule is C[C@@H](C(=O)O)C(=O)[C@@H](O)C[C@@H](C)[C@@H]1C[C@]2(O)C=C[C@@]3(O)C4=C(C(=O)C[C@@]1(C)[C@]42CCO)[C@@]1(C)CCC(=O)C(C)(C)[C@@H]1[C@@H]3C=Cc1ccccc1. The van der Waals surface area contributed by atoms with Crippen LogP contribution in [0.15, 0.2) is 59.7 Å². The number of carbonyl (C=O) groups is 4. The van der Waals surface area contributed by atoms with Gasteiger partial charge >= 0.3 is 5.97 Å². The Morgan fingerprint density at radius 1 is 1.02 bits per heavy atom. The highest BCUT2D eigenvalue weighted by atomic mass is 16.4. The summed E-state index contributed by atoms with van der Waals surface area (Å²) in [5, 5.41) is 57.4. The van der Waals surface area contributed by atoms with E-state index in [1.54, 1.807) is 12.2 Å². The largest absolute Gasteiger partial charge is 0.481 e. The molecule has 0 radical (unpaired) electrons. The third kappa shape index (κ3) is 4.72. The lowest BCUT2D eigenvalue weighted by molar-refractivity contribution is -0.166. The first-order valence-corrected chi connectivity index (χ1v) is 18.0. The molecule has 2 fully saturated rings. The number of benzene rings is 1. The first-order chi connectivity index (χ1) is 23.3. The molecule has 5 N–H and O–H groups in total. The quantitative estimate of drug-likeness (QED) is 0.173. The second-order valence-electron chi connectivity index (χ2n) is 17.1. The van der Waals surface area contributed by atoms with Crippen molar-refractivity contribution >= 4 is 29.4 Å². The summed E-state index contributed by atoms with van der Waals surface area (Å²) < 4.78 is 0. The van der Waals surface area contributed by atoms with Gasteiger partial charge in [-0.05, 0) is 73.0 Å². The molecule has 0 amide bonds. The van der Waals surface area contributed by atoms with Crippen molar-refractivity contribution in [2.75, 3.05) is 6.61 Å². The van der Waals surface area contributed by atoms with Crippen molar-refractivity contribution in [2.45, 2.75) is 97.4 Å². The molecule has 5 aliphatic carbocycles. The second-order valence-corrected chi connectivity index (χ2v) is 17.1. The van der Waals surface area contributed by atoms with Gasteiger partial charge in [0.05, 0.1) is 5.60 Å². The smallest absolute Gasteiger partial charge is 0.313 e. The van der Waals surface area contributed by atoms with Crippen LogP contribution in [0.25, 0.3) is 6.08 Å². The number of rotatable bonds is 10. The Hall–Kier alpha value is -3.24. The highest BCUT2D eigenvalue weighted by Gasteiger charge is 2.79. The first kappa shape index (κ1) is 36.5. The van der Waals surface area contributed by atoms with Crippen LogP contribution in [0, 0.1) is 51.2 Å². The molecule has 0 aromatic heterocycles. The van der Waals surface area contributed by atoms with Crippen LogP contribution >= 0.6 is 0 Å². The van der Waals surface area contributed by atoms with Gasteiger partial charge in [0.2, 0.25) is 0 Å². The lowest BCUT2D eigenvalue weighted by Gasteiger charge is -2.68. The Kier molecular flexibility index (Phi) is 8.70. The normalized spacial score (nSPS) is 40.3. The molecule has 2 saturated carbocycles.